The summed E-state index contributed by atoms with van der Waals surface area (Å²) in [4.78, 5) is 0.130. The first-order valence-electron chi connectivity index (χ1n) is 6.38. The number of aliphatic hydroxyl groups is 1. The molecule has 1 aliphatic heterocycles. The number of aliphatic hydroxyl groups excluding tert-OH is 1. The summed E-state index contributed by atoms with van der Waals surface area (Å²) in [5.74, 6) is 1.90. The molecular weight excluding hydrogens is 298 g/mol. The molecule has 1 saturated heterocycles. The first-order valence-corrected chi connectivity index (χ1v) is 8.97. The van der Waals surface area contributed by atoms with Crippen LogP contribution in [0.2, 0.25) is 0 Å². The number of thioether (sulfide) groups is 1. The van der Waals surface area contributed by atoms with Crippen molar-refractivity contribution in [3.05, 3.63) is 23.8 Å². The van der Waals surface area contributed by atoms with E-state index in [9.17, 15) is 13.5 Å². The molecule has 1 fully saturated rings. The Morgan fingerprint density at radius 2 is 2.25 bits per heavy atom. The molecule has 1 N–H and O–H groups in total. The smallest absolute Gasteiger partial charge is 0.247 e. The molecule has 1 aromatic rings. The number of hydrogen-bond acceptors (Lipinski definition) is 5. The Hall–Kier alpha value is -0.760. The number of ether oxygens (including phenoxy) is 1. The van der Waals surface area contributed by atoms with E-state index < -0.39 is 10.0 Å². The molecule has 0 aromatic heterocycles. The zero-order chi connectivity index (χ0) is 14.8. The van der Waals surface area contributed by atoms with Crippen LogP contribution in [-0.4, -0.2) is 49.0 Å². The first kappa shape index (κ1) is 15.6. The van der Waals surface area contributed by atoms with Crippen LogP contribution < -0.4 is 4.74 Å². The van der Waals surface area contributed by atoms with Gasteiger partial charge in [0.15, 0.2) is 0 Å². The molecule has 0 amide bonds. The zero-order valence-electron chi connectivity index (χ0n) is 11.6. The fourth-order valence-electron chi connectivity index (χ4n) is 2.22. The van der Waals surface area contributed by atoms with Gasteiger partial charge in [-0.15, -0.1) is 0 Å². The van der Waals surface area contributed by atoms with E-state index in [-0.39, 0.29) is 17.5 Å². The second-order valence-electron chi connectivity index (χ2n) is 4.68. The van der Waals surface area contributed by atoms with Crippen molar-refractivity contribution < 1.29 is 18.3 Å². The number of rotatable bonds is 4. The van der Waals surface area contributed by atoms with E-state index in [0.29, 0.717) is 17.9 Å². The van der Waals surface area contributed by atoms with Crippen molar-refractivity contribution >= 4 is 21.8 Å². The minimum atomic E-state index is -3.60. The molecule has 7 heteroatoms. The van der Waals surface area contributed by atoms with Crippen molar-refractivity contribution in [1.82, 2.24) is 4.31 Å². The van der Waals surface area contributed by atoms with Crippen LogP contribution in [0.5, 0.6) is 5.75 Å². The molecular formula is C13H19NO4S2. The molecule has 0 radical (unpaired) electrons. The maximum absolute atomic E-state index is 12.8. The number of sulfonamides is 1. The highest BCUT2D eigenvalue weighted by atomic mass is 32.2. The predicted octanol–water partition coefficient (Wildman–Crippen LogP) is 1.31. The standard InChI is InChI=1S/C13H19NO4S2/c1-10-9-19-6-5-14(10)20(16,17)13-7-11(8-15)3-4-12(13)18-2/h3-4,7,10,15H,5-6,8-9H2,1-2H3. The quantitative estimate of drug-likeness (QED) is 0.907. The molecule has 5 nitrogen and oxygen atoms in total. The summed E-state index contributed by atoms with van der Waals surface area (Å²) in [7, 11) is -2.16. The van der Waals surface area contributed by atoms with E-state index in [0.717, 1.165) is 11.5 Å². The van der Waals surface area contributed by atoms with E-state index in [2.05, 4.69) is 0 Å². The van der Waals surface area contributed by atoms with Gasteiger partial charge in [0.2, 0.25) is 10.0 Å². The Morgan fingerprint density at radius 3 is 2.85 bits per heavy atom. The number of nitrogens with zero attached hydrogens (tertiary/aromatic N) is 1. The summed E-state index contributed by atoms with van der Waals surface area (Å²) >= 11 is 1.76. The molecule has 20 heavy (non-hydrogen) atoms. The Balaban J connectivity index is 2.47. The van der Waals surface area contributed by atoms with Crippen molar-refractivity contribution in [3.8, 4) is 5.75 Å². The van der Waals surface area contributed by atoms with Crippen LogP contribution in [0.15, 0.2) is 23.1 Å². The largest absolute Gasteiger partial charge is 0.495 e. The van der Waals surface area contributed by atoms with Crippen LogP contribution in [0.3, 0.4) is 0 Å². The fourth-order valence-corrected chi connectivity index (χ4v) is 5.28. The molecule has 0 aliphatic carbocycles. The van der Waals surface area contributed by atoms with E-state index in [1.807, 2.05) is 6.92 Å². The van der Waals surface area contributed by atoms with Crippen molar-refractivity contribution in [2.24, 2.45) is 0 Å². The SMILES string of the molecule is COc1ccc(CO)cc1S(=O)(=O)N1CCSCC1C. The van der Waals surface area contributed by atoms with Crippen LogP contribution in [0, 0.1) is 0 Å². The summed E-state index contributed by atoms with van der Waals surface area (Å²) in [6, 6.07) is 4.69. The van der Waals surface area contributed by atoms with Gasteiger partial charge < -0.3 is 9.84 Å². The maximum Gasteiger partial charge on any atom is 0.247 e. The van der Waals surface area contributed by atoms with Gasteiger partial charge in [-0.2, -0.15) is 16.1 Å². The summed E-state index contributed by atoms with van der Waals surface area (Å²) in [6.07, 6.45) is 0. The van der Waals surface area contributed by atoms with Gasteiger partial charge in [-0.1, -0.05) is 6.07 Å². The molecule has 1 aromatic carbocycles. The molecule has 1 heterocycles. The molecule has 2 rings (SSSR count). The van der Waals surface area contributed by atoms with Crippen LogP contribution in [-0.2, 0) is 16.6 Å². The summed E-state index contributed by atoms with van der Waals surface area (Å²) < 4.78 is 32.3. The Bertz CT molecular complexity index is 574. The first-order chi connectivity index (χ1) is 9.50. The van der Waals surface area contributed by atoms with Gasteiger partial charge >= 0.3 is 0 Å². The van der Waals surface area contributed by atoms with Crippen molar-refractivity contribution in [3.63, 3.8) is 0 Å². The minimum absolute atomic E-state index is 0.0405. The maximum atomic E-state index is 12.8. The molecule has 0 bridgehead atoms. The number of methoxy groups -OCH3 is 1. The van der Waals surface area contributed by atoms with Gasteiger partial charge in [-0.25, -0.2) is 8.42 Å². The third-order valence-corrected chi connectivity index (χ3v) is 6.53. The molecule has 1 unspecified atom stereocenters. The van der Waals surface area contributed by atoms with Gasteiger partial charge in [0.1, 0.15) is 10.6 Å². The van der Waals surface area contributed by atoms with E-state index in [4.69, 9.17) is 4.74 Å². The Morgan fingerprint density at radius 1 is 1.50 bits per heavy atom. The normalized spacial score (nSPS) is 20.9. The monoisotopic (exact) mass is 317 g/mol. The highest BCUT2D eigenvalue weighted by molar-refractivity contribution is 7.99. The number of benzene rings is 1. The lowest BCUT2D eigenvalue weighted by molar-refractivity contribution is 0.281. The van der Waals surface area contributed by atoms with Crippen molar-refractivity contribution in [1.29, 1.82) is 0 Å². The van der Waals surface area contributed by atoms with Gasteiger partial charge in [0.05, 0.1) is 13.7 Å². The van der Waals surface area contributed by atoms with Crippen molar-refractivity contribution in [2.45, 2.75) is 24.5 Å². The highest BCUT2D eigenvalue weighted by Gasteiger charge is 2.33. The minimum Gasteiger partial charge on any atom is -0.495 e. The van der Waals surface area contributed by atoms with Gasteiger partial charge in [0, 0.05) is 24.1 Å². The van der Waals surface area contributed by atoms with E-state index in [1.165, 1.54) is 17.5 Å². The van der Waals surface area contributed by atoms with Crippen molar-refractivity contribution in [2.75, 3.05) is 25.2 Å². The Labute approximate surface area is 124 Å². The second kappa shape index (κ2) is 6.34. The lowest BCUT2D eigenvalue weighted by atomic mass is 10.2. The second-order valence-corrected chi connectivity index (χ2v) is 7.69. The highest BCUT2D eigenvalue weighted by Crippen LogP contribution is 2.31. The summed E-state index contributed by atoms with van der Waals surface area (Å²) in [5, 5.41) is 9.20. The van der Waals surface area contributed by atoms with Crippen LogP contribution >= 0.6 is 11.8 Å². The van der Waals surface area contributed by atoms with Gasteiger partial charge in [-0.3, -0.25) is 0 Å². The zero-order valence-corrected chi connectivity index (χ0v) is 13.2. The third-order valence-electron chi connectivity index (χ3n) is 3.30. The van der Waals surface area contributed by atoms with Gasteiger partial charge in [-0.05, 0) is 24.6 Å². The lowest BCUT2D eigenvalue weighted by Gasteiger charge is -2.32. The Kier molecular flexibility index (Phi) is 4.95. The van der Waals surface area contributed by atoms with E-state index >= 15 is 0 Å². The molecule has 0 saturated carbocycles. The molecule has 1 aliphatic rings. The molecule has 1 atom stereocenters. The average Bonchev–Trinajstić information content (AvgIpc) is 2.46. The summed E-state index contributed by atoms with van der Waals surface area (Å²) in [5.41, 5.74) is 0.559. The van der Waals surface area contributed by atoms with E-state index in [1.54, 1.807) is 23.9 Å². The molecule has 112 valence electrons. The van der Waals surface area contributed by atoms with Crippen LogP contribution in [0.25, 0.3) is 0 Å². The fraction of sp³-hybridized carbons (Fsp3) is 0.538. The van der Waals surface area contributed by atoms with Crippen LogP contribution in [0.4, 0.5) is 0 Å². The average molecular weight is 317 g/mol. The third kappa shape index (κ3) is 2.95. The topological polar surface area (TPSA) is 66.8 Å². The predicted molar refractivity (Wildman–Crippen MR) is 79.6 cm³/mol. The number of hydrogen-bond donors (Lipinski definition) is 1. The lowest BCUT2D eigenvalue weighted by Crippen LogP contribution is -2.44. The van der Waals surface area contributed by atoms with Crippen LogP contribution in [0.1, 0.15) is 12.5 Å². The van der Waals surface area contributed by atoms with Gasteiger partial charge in [0.25, 0.3) is 0 Å². The summed E-state index contributed by atoms with van der Waals surface area (Å²) in [6.45, 7) is 2.21. The molecule has 0 spiro atoms.